The largest absolute Gasteiger partial charge is 0.383 e. The molecule has 0 radical (unpaired) electrons. The van der Waals surface area contributed by atoms with Crippen molar-refractivity contribution in [1.29, 1.82) is 0 Å². The van der Waals surface area contributed by atoms with Crippen molar-refractivity contribution in [1.82, 2.24) is 4.98 Å². The Morgan fingerprint density at radius 2 is 1.96 bits per heavy atom. The highest BCUT2D eigenvalue weighted by Gasteiger charge is 2.21. The van der Waals surface area contributed by atoms with Crippen molar-refractivity contribution in [2.75, 3.05) is 18.9 Å². The minimum Gasteiger partial charge on any atom is -0.383 e. The second-order valence-electron chi connectivity index (χ2n) is 7.92. The Bertz CT molecular complexity index is 903. The van der Waals surface area contributed by atoms with Crippen LogP contribution in [0.1, 0.15) is 50.7 Å². The van der Waals surface area contributed by atoms with Crippen molar-refractivity contribution < 1.29 is 8.95 Å². The Labute approximate surface area is 177 Å². The number of halogens is 1. The maximum atomic E-state index is 12.4. The second-order valence-corrected chi connectivity index (χ2v) is 10.7. The minimum atomic E-state index is -1.30. The first-order chi connectivity index (χ1) is 13.3. The molecule has 1 atom stereocenters. The molecule has 1 saturated heterocycles. The molecular weight excluding hydrogens is 438 g/mol. The summed E-state index contributed by atoms with van der Waals surface area (Å²) in [5.41, 5.74) is 10.0. The third-order valence-corrected chi connectivity index (χ3v) is 6.74. The summed E-state index contributed by atoms with van der Waals surface area (Å²) in [6.07, 6.45) is 5.49. The summed E-state index contributed by atoms with van der Waals surface area (Å²) < 4.78 is 22.7. The van der Waals surface area contributed by atoms with E-state index in [2.05, 4.69) is 43.5 Å². The van der Waals surface area contributed by atoms with Gasteiger partial charge in [-0.15, -0.1) is 0 Å². The van der Waals surface area contributed by atoms with E-state index < -0.39 is 15.7 Å². The van der Waals surface area contributed by atoms with Crippen LogP contribution < -0.4 is 5.73 Å². The van der Waals surface area contributed by atoms with Gasteiger partial charge in [-0.05, 0) is 84.3 Å². The van der Waals surface area contributed by atoms with Crippen LogP contribution in [0.3, 0.4) is 0 Å². The van der Waals surface area contributed by atoms with Crippen molar-refractivity contribution in [3.63, 3.8) is 0 Å². The summed E-state index contributed by atoms with van der Waals surface area (Å²) in [5.74, 6) is 0.883. The first-order valence-corrected chi connectivity index (χ1v) is 11.2. The van der Waals surface area contributed by atoms with Crippen molar-refractivity contribution in [3.8, 4) is 11.1 Å². The number of ether oxygens (including phenoxy) is 1. The molecule has 2 heterocycles. The Morgan fingerprint density at radius 1 is 1.25 bits per heavy atom. The monoisotopic (exact) mass is 463 g/mol. The van der Waals surface area contributed by atoms with Gasteiger partial charge in [0.1, 0.15) is 16.8 Å². The lowest BCUT2D eigenvalue weighted by atomic mass is 9.87. The van der Waals surface area contributed by atoms with Crippen LogP contribution in [0.2, 0.25) is 0 Å². The van der Waals surface area contributed by atoms with Gasteiger partial charge in [0.05, 0.1) is 9.22 Å². The van der Waals surface area contributed by atoms with Crippen LogP contribution in [-0.2, 0) is 15.7 Å². The predicted octanol–water partition coefficient (Wildman–Crippen LogP) is 4.87. The van der Waals surface area contributed by atoms with Gasteiger partial charge in [0.25, 0.3) is 0 Å². The number of aromatic nitrogens is 1. The predicted molar refractivity (Wildman–Crippen MR) is 120 cm³/mol. The molecule has 150 valence electrons. The van der Waals surface area contributed by atoms with Gasteiger partial charge in [-0.2, -0.15) is 4.40 Å². The lowest BCUT2D eigenvalue weighted by Crippen LogP contribution is -2.20. The molecule has 0 saturated carbocycles. The van der Waals surface area contributed by atoms with Gasteiger partial charge in [0.15, 0.2) is 0 Å². The van der Waals surface area contributed by atoms with E-state index >= 15 is 0 Å². The molecule has 1 aliphatic rings. The van der Waals surface area contributed by atoms with E-state index in [4.69, 9.17) is 10.5 Å². The molecule has 7 heteroatoms. The number of benzene rings is 1. The van der Waals surface area contributed by atoms with Crippen molar-refractivity contribution in [2.45, 2.75) is 44.3 Å². The first-order valence-electron chi connectivity index (χ1n) is 9.35. The molecule has 1 aliphatic heterocycles. The molecular formula is C21H26BrN3O2S. The van der Waals surface area contributed by atoms with Crippen LogP contribution in [0.5, 0.6) is 0 Å². The summed E-state index contributed by atoms with van der Waals surface area (Å²) in [6.45, 7) is 7.31. The van der Waals surface area contributed by atoms with Gasteiger partial charge >= 0.3 is 0 Å². The fourth-order valence-corrected chi connectivity index (χ4v) is 3.99. The van der Waals surface area contributed by atoms with E-state index in [0.717, 1.165) is 47.2 Å². The van der Waals surface area contributed by atoms with Crippen LogP contribution in [0, 0.1) is 0 Å². The van der Waals surface area contributed by atoms with E-state index in [9.17, 15) is 4.21 Å². The molecule has 0 unspecified atom stereocenters. The highest BCUT2D eigenvalue weighted by Crippen LogP contribution is 2.33. The fraction of sp³-hybridized carbons (Fsp3) is 0.429. The lowest BCUT2D eigenvalue weighted by molar-refractivity contribution is 0.0853. The molecule has 0 bridgehead atoms. The van der Waals surface area contributed by atoms with Gasteiger partial charge in [0.2, 0.25) is 0 Å². The molecule has 0 spiro atoms. The number of hydrogen-bond donors (Lipinski definition) is 1. The number of nitrogens with zero attached hydrogens (tertiary/aromatic N) is 2. The van der Waals surface area contributed by atoms with Gasteiger partial charge in [0, 0.05) is 31.2 Å². The Hall–Kier alpha value is -1.57. The minimum absolute atomic E-state index is 0.390. The summed E-state index contributed by atoms with van der Waals surface area (Å²) in [7, 11) is -1.30. The first kappa shape index (κ1) is 21.1. The third-order valence-electron chi connectivity index (χ3n) is 4.76. The van der Waals surface area contributed by atoms with Crippen LogP contribution in [0.4, 0.5) is 5.82 Å². The number of hydrogen-bond acceptors (Lipinski definition) is 4. The highest BCUT2D eigenvalue weighted by atomic mass is 79.9. The summed E-state index contributed by atoms with van der Waals surface area (Å²) in [4.78, 5) is 4.24. The van der Waals surface area contributed by atoms with E-state index in [1.54, 1.807) is 12.4 Å². The average Bonchev–Trinajstić information content (AvgIpc) is 2.68. The van der Waals surface area contributed by atoms with E-state index in [1.807, 2.05) is 26.8 Å². The zero-order valence-corrected chi connectivity index (χ0v) is 18.8. The van der Waals surface area contributed by atoms with Crippen molar-refractivity contribution >= 4 is 38.9 Å². The highest BCUT2D eigenvalue weighted by molar-refractivity contribution is 9.10. The number of rotatable bonds is 4. The third kappa shape index (κ3) is 5.07. The SMILES string of the molecule is CC(C)(C)[S@](=O)/N=C/c1cc(-c2cnc(N)c(Br)c2)ccc1C1CCOCC1. The van der Waals surface area contributed by atoms with Gasteiger partial charge in [-0.1, -0.05) is 12.1 Å². The maximum Gasteiger partial charge on any atom is 0.144 e. The summed E-state index contributed by atoms with van der Waals surface area (Å²) >= 11 is 3.44. The number of anilines is 1. The van der Waals surface area contributed by atoms with E-state index in [-0.39, 0.29) is 0 Å². The Balaban J connectivity index is 2.01. The maximum absolute atomic E-state index is 12.4. The Morgan fingerprint density at radius 3 is 2.61 bits per heavy atom. The van der Waals surface area contributed by atoms with Gasteiger partial charge in [-0.25, -0.2) is 9.19 Å². The molecule has 1 aromatic carbocycles. The average molecular weight is 464 g/mol. The molecule has 0 aliphatic carbocycles. The van der Waals surface area contributed by atoms with Crippen LogP contribution in [0.25, 0.3) is 11.1 Å². The molecule has 0 amide bonds. The number of nitrogen functional groups attached to an aromatic ring is 1. The van der Waals surface area contributed by atoms with Crippen LogP contribution in [0.15, 0.2) is 39.3 Å². The Kier molecular flexibility index (Phi) is 6.68. The van der Waals surface area contributed by atoms with Crippen molar-refractivity contribution in [2.24, 2.45) is 4.40 Å². The zero-order valence-electron chi connectivity index (χ0n) is 16.4. The molecule has 2 aromatic rings. The summed E-state index contributed by atoms with van der Waals surface area (Å²) in [5, 5.41) is 0. The quantitative estimate of drug-likeness (QED) is 0.655. The van der Waals surface area contributed by atoms with E-state index in [1.165, 1.54) is 5.56 Å². The molecule has 1 fully saturated rings. The molecule has 3 rings (SSSR count). The smallest absolute Gasteiger partial charge is 0.144 e. The summed E-state index contributed by atoms with van der Waals surface area (Å²) in [6, 6.07) is 8.30. The van der Waals surface area contributed by atoms with Crippen LogP contribution in [-0.4, -0.2) is 33.4 Å². The van der Waals surface area contributed by atoms with Gasteiger partial charge < -0.3 is 10.5 Å². The molecule has 1 aromatic heterocycles. The number of nitrogens with two attached hydrogens (primary N) is 1. The lowest BCUT2D eigenvalue weighted by Gasteiger charge is -2.24. The molecule has 5 nitrogen and oxygen atoms in total. The zero-order chi connectivity index (χ0) is 20.3. The second kappa shape index (κ2) is 8.84. The topological polar surface area (TPSA) is 77.6 Å². The van der Waals surface area contributed by atoms with Gasteiger partial charge in [-0.3, -0.25) is 0 Å². The van der Waals surface area contributed by atoms with Crippen LogP contribution >= 0.6 is 15.9 Å². The number of pyridine rings is 1. The fourth-order valence-electron chi connectivity index (χ4n) is 3.12. The van der Waals surface area contributed by atoms with Crippen molar-refractivity contribution in [3.05, 3.63) is 46.1 Å². The molecule has 28 heavy (non-hydrogen) atoms. The molecule has 2 N–H and O–H groups in total. The standard InChI is InChI=1S/C21H26BrN3O2S/c1-21(2,3)28(26)25-13-17-10-15(16-11-19(22)20(23)24-12-16)4-5-18(17)14-6-8-27-9-7-14/h4-5,10-14H,6-9H2,1-3H3,(H2,23,24)/b25-13+/t28-/m0/s1. The van der Waals surface area contributed by atoms with E-state index in [0.29, 0.717) is 11.7 Å². The normalized spacial score (nSPS) is 17.1.